The quantitative estimate of drug-likeness (QED) is 0.273. The second-order valence-corrected chi connectivity index (χ2v) is 5.95. The van der Waals surface area contributed by atoms with E-state index in [9.17, 15) is 14.6 Å². The fourth-order valence-electron chi connectivity index (χ4n) is 2.35. The van der Waals surface area contributed by atoms with Gasteiger partial charge in [0.25, 0.3) is 0 Å². The van der Waals surface area contributed by atoms with Crippen LogP contribution in [0.4, 0.5) is 0 Å². The van der Waals surface area contributed by atoms with Crippen molar-refractivity contribution in [2.45, 2.75) is 84.0 Å². The van der Waals surface area contributed by atoms with Gasteiger partial charge in [-0.2, -0.15) is 0 Å². The topological polar surface area (TPSA) is 96.2 Å². The second kappa shape index (κ2) is 16.0. The smallest absolute Gasteiger partial charge is 0.303 e. The molecule has 0 amide bonds. The lowest BCUT2D eigenvalue weighted by Crippen LogP contribution is -1.93. The summed E-state index contributed by atoms with van der Waals surface area (Å²) in [5.41, 5.74) is 0.743. The molecule has 0 spiro atoms. The van der Waals surface area contributed by atoms with Gasteiger partial charge >= 0.3 is 5.97 Å². The van der Waals surface area contributed by atoms with E-state index in [0.29, 0.717) is 17.8 Å². The Labute approximate surface area is 144 Å². The number of carboxylic acids is 1. The predicted octanol–water partition coefficient (Wildman–Crippen LogP) is 6.07. The molecule has 0 bridgehead atoms. The number of carbonyl (C=O) groups is 1. The third-order valence-corrected chi connectivity index (χ3v) is 3.76. The van der Waals surface area contributed by atoms with Gasteiger partial charge in [0.1, 0.15) is 0 Å². The molecule has 0 aliphatic heterocycles. The van der Waals surface area contributed by atoms with Gasteiger partial charge in [-0.05, 0) is 42.5 Å². The average Bonchev–Trinajstić information content (AvgIpc) is 2.57. The number of nitrogens with zero attached hydrogens (tertiary/aromatic N) is 2. The molecule has 0 aliphatic rings. The van der Waals surface area contributed by atoms with Crippen LogP contribution in [0.5, 0.6) is 0 Å². The first-order chi connectivity index (χ1) is 11.6. The molecule has 24 heavy (non-hydrogen) atoms. The van der Waals surface area contributed by atoms with E-state index in [-0.39, 0.29) is 12.8 Å². The predicted molar refractivity (Wildman–Crippen MR) is 96.5 cm³/mol. The maximum atomic E-state index is 10.9. The number of hydrogen-bond acceptors (Lipinski definition) is 5. The molecule has 0 heterocycles. The Hall–Kier alpha value is -1.85. The van der Waals surface area contributed by atoms with Gasteiger partial charge in [-0.25, -0.2) is 0 Å². The number of hydrogen-bond donors (Lipinski definition) is 1. The second-order valence-electron chi connectivity index (χ2n) is 5.95. The summed E-state index contributed by atoms with van der Waals surface area (Å²) in [6.07, 6.45) is 13.3. The molecular formula is C18H30N2O4. The van der Waals surface area contributed by atoms with E-state index >= 15 is 0 Å². The molecule has 136 valence electrons. The molecule has 0 fully saturated rings. The van der Waals surface area contributed by atoms with E-state index in [1.807, 2.05) is 0 Å². The fourth-order valence-corrected chi connectivity index (χ4v) is 2.35. The Bertz CT molecular complexity index is 431. The maximum absolute atomic E-state index is 10.9. The molecule has 0 atom stereocenters. The van der Waals surface area contributed by atoms with Gasteiger partial charge in [-0.15, -0.1) is 9.81 Å². The normalized spacial score (nSPS) is 12.2. The molecule has 0 aliphatic carbocycles. The first-order valence-corrected chi connectivity index (χ1v) is 8.90. The highest BCUT2D eigenvalue weighted by Gasteiger charge is 2.03. The first kappa shape index (κ1) is 22.1. The van der Waals surface area contributed by atoms with Crippen LogP contribution in [0.15, 0.2) is 33.9 Å². The molecule has 0 aromatic rings. The van der Waals surface area contributed by atoms with Gasteiger partial charge in [0.15, 0.2) is 0 Å². The van der Waals surface area contributed by atoms with Crippen molar-refractivity contribution in [1.82, 2.24) is 0 Å². The number of unbranched alkanes of at least 4 members (excludes halogenated alkanes) is 8. The van der Waals surface area contributed by atoms with Crippen molar-refractivity contribution in [3.05, 3.63) is 33.4 Å². The van der Waals surface area contributed by atoms with Crippen LogP contribution in [-0.4, -0.2) is 11.1 Å². The minimum Gasteiger partial charge on any atom is -0.481 e. The minimum atomic E-state index is -0.748. The summed E-state index contributed by atoms with van der Waals surface area (Å²) in [5.74, 6) is -0.748. The number of nitroso groups, excluding NO2 is 2. The number of aliphatic carboxylic acids is 1. The molecule has 0 aromatic carbocycles. The highest BCUT2D eigenvalue weighted by atomic mass is 16.4. The van der Waals surface area contributed by atoms with Crippen molar-refractivity contribution in [2.24, 2.45) is 10.4 Å². The van der Waals surface area contributed by atoms with Crippen LogP contribution in [-0.2, 0) is 4.79 Å². The summed E-state index contributed by atoms with van der Waals surface area (Å²) in [5, 5.41) is 14.5. The van der Waals surface area contributed by atoms with Crippen LogP contribution in [0.25, 0.3) is 0 Å². The van der Waals surface area contributed by atoms with Gasteiger partial charge in [0, 0.05) is 12.8 Å². The monoisotopic (exact) mass is 338 g/mol. The molecule has 6 heteroatoms. The summed E-state index contributed by atoms with van der Waals surface area (Å²) in [4.78, 5) is 32.0. The molecule has 1 N–H and O–H groups in total. The average molecular weight is 338 g/mol. The van der Waals surface area contributed by atoms with Crippen molar-refractivity contribution in [1.29, 1.82) is 0 Å². The van der Waals surface area contributed by atoms with Crippen molar-refractivity contribution in [2.75, 3.05) is 0 Å². The molecule has 6 nitrogen and oxygen atoms in total. The Morgan fingerprint density at radius 3 is 1.83 bits per heavy atom. The third-order valence-electron chi connectivity index (χ3n) is 3.76. The summed E-state index contributed by atoms with van der Waals surface area (Å²) in [6, 6.07) is 0. The van der Waals surface area contributed by atoms with Crippen molar-refractivity contribution >= 4 is 5.97 Å². The van der Waals surface area contributed by atoms with E-state index in [0.717, 1.165) is 57.8 Å². The van der Waals surface area contributed by atoms with Crippen LogP contribution in [0.3, 0.4) is 0 Å². The molecule has 0 saturated heterocycles. The zero-order chi connectivity index (χ0) is 18.0. The van der Waals surface area contributed by atoms with Crippen molar-refractivity contribution < 1.29 is 9.90 Å². The first-order valence-electron chi connectivity index (χ1n) is 8.90. The summed E-state index contributed by atoms with van der Waals surface area (Å²) in [7, 11) is 0. The fraction of sp³-hybridized carbons (Fsp3) is 0.722. The lowest BCUT2D eigenvalue weighted by molar-refractivity contribution is -0.137. The van der Waals surface area contributed by atoms with E-state index in [4.69, 9.17) is 5.11 Å². The van der Waals surface area contributed by atoms with Crippen LogP contribution in [0.2, 0.25) is 0 Å². The molecule has 0 aromatic heterocycles. The molecular weight excluding hydrogens is 308 g/mol. The van der Waals surface area contributed by atoms with Gasteiger partial charge in [0.05, 0.1) is 11.4 Å². The Morgan fingerprint density at radius 2 is 1.33 bits per heavy atom. The molecule has 0 rings (SSSR count). The standard InChI is InChI=1S/C18H30N2O4/c1-2-3-4-9-12-16(19-23)15-17(20-24)13-10-7-5-6-8-11-14-18(21)22/h12-13H,2-11,14-15H2,1H3,(H,21,22)/b16-12+,17-13+. The largest absolute Gasteiger partial charge is 0.481 e. The van der Waals surface area contributed by atoms with E-state index in [1.165, 1.54) is 0 Å². The molecule has 0 saturated carbocycles. The number of rotatable bonds is 16. The van der Waals surface area contributed by atoms with Crippen LogP contribution < -0.4 is 0 Å². The van der Waals surface area contributed by atoms with Gasteiger partial charge in [-0.3, -0.25) is 4.79 Å². The van der Waals surface area contributed by atoms with Crippen molar-refractivity contribution in [3.63, 3.8) is 0 Å². The third kappa shape index (κ3) is 13.8. The summed E-state index contributed by atoms with van der Waals surface area (Å²) < 4.78 is 0. The SMILES string of the molecule is CCCCC/C=C(\C/C(=C\CCCCCCCC(=O)O)N=O)N=O. The summed E-state index contributed by atoms with van der Waals surface area (Å²) >= 11 is 0. The van der Waals surface area contributed by atoms with E-state index < -0.39 is 5.97 Å². The van der Waals surface area contributed by atoms with Crippen LogP contribution >= 0.6 is 0 Å². The van der Waals surface area contributed by atoms with Gasteiger partial charge in [0.2, 0.25) is 0 Å². The molecule has 0 unspecified atom stereocenters. The Kier molecular flexibility index (Phi) is 14.8. The molecule has 0 radical (unpaired) electrons. The van der Waals surface area contributed by atoms with Gasteiger partial charge in [-0.1, -0.05) is 51.2 Å². The lowest BCUT2D eigenvalue weighted by atomic mass is 10.1. The lowest BCUT2D eigenvalue weighted by Gasteiger charge is -2.00. The zero-order valence-corrected chi connectivity index (χ0v) is 14.7. The van der Waals surface area contributed by atoms with Crippen LogP contribution in [0.1, 0.15) is 84.0 Å². The van der Waals surface area contributed by atoms with E-state index in [2.05, 4.69) is 17.3 Å². The van der Waals surface area contributed by atoms with E-state index in [1.54, 1.807) is 12.2 Å². The zero-order valence-electron chi connectivity index (χ0n) is 14.7. The highest BCUT2D eigenvalue weighted by Crippen LogP contribution is 2.17. The number of allylic oxidation sites excluding steroid dienone is 2. The summed E-state index contributed by atoms with van der Waals surface area (Å²) in [6.45, 7) is 2.12. The Morgan fingerprint density at radius 1 is 0.833 bits per heavy atom. The maximum Gasteiger partial charge on any atom is 0.303 e. The minimum absolute atomic E-state index is 0.206. The van der Waals surface area contributed by atoms with Crippen molar-refractivity contribution in [3.8, 4) is 0 Å². The highest BCUT2D eigenvalue weighted by molar-refractivity contribution is 5.66. The number of carboxylic acid groups (broad SMARTS) is 1. The Balaban J connectivity index is 4.00. The van der Waals surface area contributed by atoms with Crippen LogP contribution in [0, 0.1) is 9.81 Å². The van der Waals surface area contributed by atoms with Gasteiger partial charge < -0.3 is 5.11 Å².